The molecule has 1 fully saturated rings. The Balaban J connectivity index is 1.34. The highest BCUT2D eigenvalue weighted by molar-refractivity contribution is 6.30. The largest absolute Gasteiger partial charge is 0.355 e. The summed E-state index contributed by atoms with van der Waals surface area (Å²) in [5, 5.41) is 16.2. The lowest BCUT2D eigenvalue weighted by atomic mass is 9.95. The van der Waals surface area contributed by atoms with Crippen molar-refractivity contribution in [2.45, 2.75) is 19.8 Å². The first-order chi connectivity index (χ1) is 13.6. The van der Waals surface area contributed by atoms with Gasteiger partial charge in [0.1, 0.15) is 12.7 Å². The van der Waals surface area contributed by atoms with Crippen LogP contribution in [0.25, 0.3) is 5.82 Å². The summed E-state index contributed by atoms with van der Waals surface area (Å²) >= 11 is 5.98. The van der Waals surface area contributed by atoms with Gasteiger partial charge >= 0.3 is 0 Å². The van der Waals surface area contributed by atoms with Crippen molar-refractivity contribution in [1.82, 2.24) is 25.0 Å². The number of nitrogens with one attached hydrogen (secondary N) is 1. The van der Waals surface area contributed by atoms with Gasteiger partial charge in [0, 0.05) is 29.7 Å². The molecule has 144 valence electrons. The summed E-state index contributed by atoms with van der Waals surface area (Å²) in [7, 11) is 0. The van der Waals surface area contributed by atoms with E-state index < -0.39 is 0 Å². The van der Waals surface area contributed by atoms with E-state index in [1.165, 1.54) is 6.33 Å². The van der Waals surface area contributed by atoms with E-state index in [1.807, 2.05) is 31.2 Å². The number of halogens is 1. The van der Waals surface area contributed by atoms with Crippen LogP contribution in [0.1, 0.15) is 18.4 Å². The molecular formula is C19H20ClN7O. The molecule has 1 aromatic carbocycles. The molecule has 3 aromatic rings. The van der Waals surface area contributed by atoms with Crippen LogP contribution in [0.2, 0.25) is 5.02 Å². The lowest BCUT2D eigenvalue weighted by Gasteiger charge is -2.31. The molecule has 28 heavy (non-hydrogen) atoms. The van der Waals surface area contributed by atoms with Crippen molar-refractivity contribution < 1.29 is 4.79 Å². The van der Waals surface area contributed by atoms with Crippen molar-refractivity contribution in [1.29, 1.82) is 0 Å². The van der Waals surface area contributed by atoms with Crippen LogP contribution in [0.4, 0.5) is 11.5 Å². The van der Waals surface area contributed by atoms with Crippen LogP contribution in [0.3, 0.4) is 0 Å². The quantitative estimate of drug-likeness (QED) is 0.728. The molecule has 0 unspecified atom stereocenters. The van der Waals surface area contributed by atoms with Gasteiger partial charge in [-0.05, 0) is 55.7 Å². The van der Waals surface area contributed by atoms with Gasteiger partial charge in [0.15, 0.2) is 11.6 Å². The fourth-order valence-electron chi connectivity index (χ4n) is 3.31. The highest BCUT2D eigenvalue weighted by atomic mass is 35.5. The van der Waals surface area contributed by atoms with E-state index in [0.717, 1.165) is 43.0 Å². The number of aromatic nitrogens is 5. The zero-order chi connectivity index (χ0) is 19.5. The smallest absolute Gasteiger partial charge is 0.227 e. The zero-order valence-electron chi connectivity index (χ0n) is 15.4. The lowest BCUT2D eigenvalue weighted by Crippen LogP contribution is -2.38. The van der Waals surface area contributed by atoms with Gasteiger partial charge in [-0.2, -0.15) is 5.10 Å². The first-order valence-corrected chi connectivity index (χ1v) is 9.48. The van der Waals surface area contributed by atoms with Gasteiger partial charge in [-0.3, -0.25) is 4.79 Å². The molecule has 1 aliphatic heterocycles. The number of carbonyl (C=O) groups is 1. The summed E-state index contributed by atoms with van der Waals surface area (Å²) in [6, 6.07) is 9.26. The van der Waals surface area contributed by atoms with Crippen molar-refractivity contribution in [2.24, 2.45) is 5.92 Å². The van der Waals surface area contributed by atoms with E-state index in [1.54, 1.807) is 17.1 Å². The summed E-state index contributed by atoms with van der Waals surface area (Å²) in [6.45, 7) is 3.45. The Labute approximate surface area is 167 Å². The third-order valence-corrected chi connectivity index (χ3v) is 5.16. The fourth-order valence-corrected chi connectivity index (χ4v) is 3.54. The Hall–Kier alpha value is -3.00. The third-order valence-electron chi connectivity index (χ3n) is 4.93. The van der Waals surface area contributed by atoms with Gasteiger partial charge in [-0.25, -0.2) is 9.67 Å². The van der Waals surface area contributed by atoms with E-state index in [9.17, 15) is 4.79 Å². The molecule has 0 atom stereocenters. The van der Waals surface area contributed by atoms with Crippen LogP contribution in [-0.4, -0.2) is 44.0 Å². The summed E-state index contributed by atoms with van der Waals surface area (Å²) in [5.74, 6) is 1.46. The number of nitrogens with zero attached hydrogens (tertiary/aromatic N) is 6. The molecule has 9 heteroatoms. The molecule has 1 amide bonds. The average molecular weight is 398 g/mol. The minimum atomic E-state index is -0.0197. The molecule has 1 saturated heterocycles. The van der Waals surface area contributed by atoms with Gasteiger partial charge in [0.2, 0.25) is 5.91 Å². The zero-order valence-corrected chi connectivity index (χ0v) is 16.2. The minimum absolute atomic E-state index is 0.0197. The Morgan fingerprint density at radius 3 is 2.54 bits per heavy atom. The van der Waals surface area contributed by atoms with Crippen molar-refractivity contribution in [3.05, 3.63) is 53.6 Å². The second-order valence-electron chi connectivity index (χ2n) is 6.80. The van der Waals surface area contributed by atoms with Gasteiger partial charge in [0.05, 0.1) is 0 Å². The van der Waals surface area contributed by atoms with Crippen molar-refractivity contribution in [3.63, 3.8) is 0 Å². The Morgan fingerprint density at radius 2 is 1.89 bits per heavy atom. The Kier molecular flexibility index (Phi) is 5.21. The molecule has 1 N–H and O–H groups in total. The number of benzene rings is 1. The number of hydrogen-bond acceptors (Lipinski definition) is 6. The summed E-state index contributed by atoms with van der Waals surface area (Å²) < 4.78 is 1.56. The maximum Gasteiger partial charge on any atom is 0.227 e. The van der Waals surface area contributed by atoms with Crippen molar-refractivity contribution in [2.75, 3.05) is 23.3 Å². The molecule has 2 aromatic heterocycles. The SMILES string of the molecule is Cc1cc(Cl)ccc1NC(=O)C1CCN(c2ccc(-n3cncn3)nn2)CC1. The predicted octanol–water partition coefficient (Wildman–Crippen LogP) is 2.87. The first-order valence-electron chi connectivity index (χ1n) is 9.11. The van der Waals surface area contributed by atoms with Gasteiger partial charge in [0.25, 0.3) is 0 Å². The van der Waals surface area contributed by atoms with Gasteiger partial charge < -0.3 is 10.2 Å². The van der Waals surface area contributed by atoms with Crippen LogP contribution < -0.4 is 10.2 Å². The van der Waals surface area contributed by atoms with Gasteiger partial charge in [-0.1, -0.05) is 11.6 Å². The predicted molar refractivity (Wildman–Crippen MR) is 107 cm³/mol. The highest BCUT2D eigenvalue weighted by Crippen LogP contribution is 2.25. The summed E-state index contributed by atoms with van der Waals surface area (Å²) in [4.78, 5) is 18.7. The first kappa shape index (κ1) is 18.4. The van der Waals surface area contributed by atoms with Crippen LogP contribution in [0.15, 0.2) is 43.0 Å². The molecule has 0 saturated carbocycles. The second-order valence-corrected chi connectivity index (χ2v) is 7.24. The molecule has 0 aliphatic carbocycles. The van der Waals surface area contributed by atoms with E-state index >= 15 is 0 Å². The number of carbonyl (C=O) groups excluding carboxylic acids is 1. The van der Waals surface area contributed by atoms with E-state index in [2.05, 4.69) is 30.5 Å². The Morgan fingerprint density at radius 1 is 1.14 bits per heavy atom. The molecule has 3 heterocycles. The lowest BCUT2D eigenvalue weighted by molar-refractivity contribution is -0.120. The molecule has 0 radical (unpaired) electrons. The van der Waals surface area contributed by atoms with E-state index in [0.29, 0.717) is 10.8 Å². The second kappa shape index (κ2) is 7.93. The van der Waals surface area contributed by atoms with Crippen LogP contribution in [0, 0.1) is 12.8 Å². The number of hydrogen-bond donors (Lipinski definition) is 1. The Bertz CT molecular complexity index is 951. The average Bonchev–Trinajstić information content (AvgIpc) is 3.25. The van der Waals surface area contributed by atoms with Crippen LogP contribution >= 0.6 is 11.6 Å². The number of piperidine rings is 1. The monoisotopic (exact) mass is 397 g/mol. The molecule has 8 nitrogen and oxygen atoms in total. The summed E-state index contributed by atoms with van der Waals surface area (Å²) in [5.41, 5.74) is 1.77. The number of amides is 1. The maximum absolute atomic E-state index is 12.6. The maximum atomic E-state index is 12.6. The number of aryl methyl sites for hydroxylation is 1. The fraction of sp³-hybridized carbons (Fsp3) is 0.316. The van der Waals surface area contributed by atoms with E-state index in [4.69, 9.17) is 11.6 Å². The van der Waals surface area contributed by atoms with Crippen molar-refractivity contribution in [3.8, 4) is 5.82 Å². The highest BCUT2D eigenvalue weighted by Gasteiger charge is 2.26. The third kappa shape index (κ3) is 3.96. The van der Waals surface area contributed by atoms with Crippen molar-refractivity contribution >= 4 is 29.0 Å². The van der Waals surface area contributed by atoms with Gasteiger partial charge in [-0.15, -0.1) is 10.2 Å². The topological polar surface area (TPSA) is 88.8 Å². The van der Waals surface area contributed by atoms with Crippen LogP contribution in [-0.2, 0) is 4.79 Å². The normalized spacial score (nSPS) is 14.9. The number of anilines is 2. The van der Waals surface area contributed by atoms with E-state index in [-0.39, 0.29) is 11.8 Å². The number of rotatable bonds is 4. The molecular weight excluding hydrogens is 378 g/mol. The molecule has 0 spiro atoms. The summed E-state index contributed by atoms with van der Waals surface area (Å²) in [6.07, 6.45) is 4.57. The minimum Gasteiger partial charge on any atom is -0.355 e. The molecule has 4 rings (SSSR count). The van der Waals surface area contributed by atoms with Crippen LogP contribution in [0.5, 0.6) is 0 Å². The molecule has 1 aliphatic rings. The molecule has 0 bridgehead atoms. The standard InChI is InChI=1S/C19H20ClN7O/c1-13-10-15(20)2-3-16(13)23-19(28)14-6-8-26(9-7-14)17-4-5-18(25-24-17)27-12-21-11-22-27/h2-5,10-12,14H,6-9H2,1H3,(H,23,28).